The van der Waals surface area contributed by atoms with E-state index in [4.69, 9.17) is 14.2 Å². The van der Waals surface area contributed by atoms with Crippen LogP contribution in [0.4, 0.5) is 20.2 Å². The van der Waals surface area contributed by atoms with Crippen LogP contribution in [0.15, 0.2) is 57.9 Å². The number of allylic oxidation sites excluding steroid dienone is 4. The number of carbonyl (C=O) groups excluding carboxylic acids is 3. The van der Waals surface area contributed by atoms with Crippen LogP contribution < -0.4 is 30.1 Å². The van der Waals surface area contributed by atoms with Gasteiger partial charge in [-0.3, -0.25) is 19.2 Å². The smallest absolute Gasteiger partial charge is 0.344 e. The molecule has 0 amide bonds. The molecule has 77 heavy (non-hydrogen) atoms. The summed E-state index contributed by atoms with van der Waals surface area (Å²) < 4.78 is 52.7. The number of esters is 1. The summed E-state index contributed by atoms with van der Waals surface area (Å²) in [5.41, 5.74) is -2.97. The lowest BCUT2D eigenvalue weighted by atomic mass is 9.46. The lowest BCUT2D eigenvalue weighted by molar-refractivity contribution is -0.179. The Balaban J connectivity index is 0.000000203. The highest BCUT2D eigenvalue weighted by molar-refractivity contribution is 6.02. The zero-order chi connectivity index (χ0) is 54.8. The number of carbonyl (C=O) groups is 4. The second kappa shape index (κ2) is 19.2. The number of hydrogen-bond donors (Lipinski definition) is 3. The Kier molecular flexibility index (Phi) is 13.1. The predicted molar refractivity (Wildman–Crippen MR) is 281 cm³/mol. The molecule has 4 aliphatic carbocycles. The van der Waals surface area contributed by atoms with Crippen molar-refractivity contribution in [1.82, 2.24) is 18.9 Å². The number of anilines is 2. The molecule has 9 atom stereocenters. The summed E-state index contributed by atoms with van der Waals surface area (Å²) in [6.45, 7) is 12.8. The van der Waals surface area contributed by atoms with Crippen molar-refractivity contribution in [3.63, 3.8) is 0 Å². The molecule has 6 heterocycles. The third kappa shape index (κ3) is 8.12. The quantitative estimate of drug-likeness (QED) is 0.205. The molecular formula is C57H66F2N6O12. The lowest BCUT2D eigenvalue weighted by Gasteiger charge is -2.59. The SMILES string of the molecule is C[C@@H]1COc2c(N3CCN(C)CC3)c(F)cc3c(=O)c(C(=O)O[C@]4(C(=O)CO)CC[C@H]5[C@@H]6CCC7=CC(=O)C=C[C@]7(C)[C@H]6[C@@H](O)C[C@@]54C)cn1c23.C[C@H]1COc2c(N3CCN(C)CC3)c(F)cc3c(=O)c(C(=O)O)cn1c23. The number of halogens is 2. The van der Waals surface area contributed by atoms with Gasteiger partial charge in [-0.05, 0) is 96.2 Å². The number of ether oxygens (including phenoxy) is 3. The van der Waals surface area contributed by atoms with Gasteiger partial charge in [0, 0.05) is 81.5 Å². The number of benzene rings is 2. The van der Waals surface area contributed by atoms with Gasteiger partial charge in [-0.2, -0.15) is 0 Å². The summed E-state index contributed by atoms with van der Waals surface area (Å²) in [7, 11) is 4.02. The molecule has 8 aliphatic rings. The molecule has 5 fully saturated rings. The molecule has 18 nitrogen and oxygen atoms in total. The molecule has 4 aromatic rings. The first-order valence-electron chi connectivity index (χ1n) is 26.8. The zero-order valence-corrected chi connectivity index (χ0v) is 44.3. The van der Waals surface area contributed by atoms with Crippen molar-refractivity contribution < 1.29 is 57.5 Å². The average molecular weight is 1070 g/mol. The topological polar surface area (TPSA) is 214 Å². The van der Waals surface area contributed by atoms with Crippen LogP contribution in [0.1, 0.15) is 92.6 Å². The Morgan fingerprint density at radius 2 is 1.30 bits per heavy atom. The molecule has 2 aromatic carbocycles. The summed E-state index contributed by atoms with van der Waals surface area (Å²) in [6.07, 6.45) is 9.16. The fourth-order valence-corrected chi connectivity index (χ4v) is 14.7. The van der Waals surface area contributed by atoms with E-state index in [2.05, 4.69) is 16.7 Å². The number of carboxylic acid groups (broad SMARTS) is 1. The van der Waals surface area contributed by atoms with Crippen LogP contribution in [0, 0.1) is 40.2 Å². The van der Waals surface area contributed by atoms with Gasteiger partial charge in [0.1, 0.15) is 42.3 Å². The zero-order valence-electron chi connectivity index (χ0n) is 44.3. The summed E-state index contributed by atoms with van der Waals surface area (Å²) in [6, 6.07) is 1.86. The van der Waals surface area contributed by atoms with Crippen LogP contribution in [-0.2, 0) is 14.3 Å². The van der Waals surface area contributed by atoms with E-state index in [1.807, 2.05) is 50.7 Å². The molecule has 3 N–H and O–H groups in total. The number of hydrogen-bond acceptors (Lipinski definition) is 15. The third-order valence-corrected chi connectivity index (χ3v) is 18.8. The number of aromatic nitrogens is 2. The Morgan fingerprint density at radius 3 is 1.82 bits per heavy atom. The molecule has 410 valence electrons. The van der Waals surface area contributed by atoms with E-state index in [9.17, 15) is 48.5 Å². The largest absolute Gasteiger partial charge is 0.487 e. The number of aliphatic hydroxyl groups excluding tert-OH is 2. The molecular weight excluding hydrogens is 999 g/mol. The van der Waals surface area contributed by atoms with Crippen molar-refractivity contribution in [2.45, 2.75) is 83.6 Å². The maximum absolute atomic E-state index is 16.0. The Hall–Kier alpha value is -6.48. The first-order chi connectivity index (χ1) is 36.6. The van der Waals surface area contributed by atoms with E-state index in [0.29, 0.717) is 73.6 Å². The van der Waals surface area contributed by atoms with Crippen LogP contribution in [0.5, 0.6) is 11.5 Å². The minimum atomic E-state index is -1.80. The molecule has 0 radical (unpaired) electrons. The molecule has 20 heteroatoms. The molecule has 0 bridgehead atoms. The fraction of sp³-hybridized carbons (Fsp3) is 0.544. The molecule has 2 aromatic heterocycles. The molecule has 0 spiro atoms. The van der Waals surface area contributed by atoms with E-state index in [-0.39, 0.29) is 89.3 Å². The van der Waals surface area contributed by atoms with E-state index < -0.39 is 69.4 Å². The number of aliphatic hydroxyl groups is 2. The van der Waals surface area contributed by atoms with Gasteiger partial charge in [0.15, 0.2) is 34.5 Å². The third-order valence-electron chi connectivity index (χ3n) is 18.8. The molecule has 12 rings (SSSR count). The van der Waals surface area contributed by atoms with Crippen LogP contribution in [0.3, 0.4) is 0 Å². The van der Waals surface area contributed by atoms with Gasteiger partial charge in [-0.25, -0.2) is 18.4 Å². The van der Waals surface area contributed by atoms with Gasteiger partial charge < -0.3 is 58.3 Å². The Labute approximate surface area is 443 Å². The first kappa shape index (κ1) is 52.6. The standard InChI is InChI=1S/C39H46FN3O8.C18H20FN3O4/c1-21-20-50-35-32-25(16-28(40)33(35)42-13-11-41(4)12-14-42)34(48)26(18-43(21)32)36(49)51-39(30(47)19-44)10-8-27-24-6-5-22-15-23(45)7-9-37(22,2)31(24)29(46)17-38(27,39)3;1-10-9-26-17-14-11(16(23)12(18(24)25)8-22(10)14)7-13(19)15(17)21-5-3-20(2)4-6-21/h7,9,15-16,18,21,24,27,29,31,44,46H,5-6,8,10-14,17,19-20H2,1-4H3;7-8,10H,3-6,9H2,1-2H3,(H,24,25)/t21-,24+,27+,29+,31-,37+,38+,39+;10-/m10/s1. The number of Topliss-reactive ketones (excluding diaryl/α,β-unsaturated/α-hetero) is 1. The van der Waals surface area contributed by atoms with Gasteiger partial charge in [0.2, 0.25) is 16.6 Å². The number of rotatable bonds is 7. The highest BCUT2D eigenvalue weighted by Crippen LogP contribution is 2.68. The number of pyridine rings is 2. The van der Waals surface area contributed by atoms with Crippen molar-refractivity contribution in [3.8, 4) is 11.5 Å². The minimum Gasteiger partial charge on any atom is -0.487 e. The van der Waals surface area contributed by atoms with E-state index in [1.165, 1.54) is 18.5 Å². The monoisotopic (exact) mass is 1060 g/mol. The summed E-state index contributed by atoms with van der Waals surface area (Å²) >= 11 is 0. The van der Waals surface area contributed by atoms with Crippen LogP contribution in [0.25, 0.3) is 21.8 Å². The van der Waals surface area contributed by atoms with Crippen molar-refractivity contribution in [2.24, 2.45) is 28.6 Å². The maximum atomic E-state index is 16.0. The molecule has 4 aliphatic heterocycles. The number of aromatic carboxylic acids is 1. The van der Waals surface area contributed by atoms with E-state index in [0.717, 1.165) is 37.8 Å². The van der Waals surface area contributed by atoms with Gasteiger partial charge >= 0.3 is 11.9 Å². The fourth-order valence-electron chi connectivity index (χ4n) is 14.7. The summed E-state index contributed by atoms with van der Waals surface area (Å²) in [5, 5.41) is 31.6. The second-order valence-electron chi connectivity index (χ2n) is 23.2. The van der Waals surface area contributed by atoms with Crippen molar-refractivity contribution in [2.75, 3.05) is 96.1 Å². The van der Waals surface area contributed by atoms with Gasteiger partial charge in [-0.15, -0.1) is 0 Å². The number of likely N-dealkylation sites (N-methyl/N-ethyl adjacent to an activating group) is 2. The van der Waals surface area contributed by atoms with Gasteiger partial charge in [0.05, 0.1) is 40.0 Å². The van der Waals surface area contributed by atoms with Crippen LogP contribution >= 0.6 is 0 Å². The second-order valence-corrected chi connectivity index (χ2v) is 23.2. The number of nitrogens with zero attached hydrogens (tertiary/aromatic N) is 6. The van der Waals surface area contributed by atoms with Crippen molar-refractivity contribution in [1.29, 1.82) is 0 Å². The van der Waals surface area contributed by atoms with Crippen LogP contribution in [0.2, 0.25) is 0 Å². The number of fused-ring (bicyclic) bond motifs is 5. The maximum Gasteiger partial charge on any atom is 0.344 e. The highest BCUT2D eigenvalue weighted by atomic mass is 19.1. The first-order valence-corrected chi connectivity index (χ1v) is 26.8. The van der Waals surface area contributed by atoms with Crippen LogP contribution in [-0.4, -0.2) is 156 Å². The highest BCUT2D eigenvalue weighted by Gasteiger charge is 2.70. The van der Waals surface area contributed by atoms with Crippen molar-refractivity contribution in [3.05, 3.63) is 91.5 Å². The molecule has 0 unspecified atom stereocenters. The van der Waals surface area contributed by atoms with E-state index in [1.54, 1.807) is 21.3 Å². The van der Waals surface area contributed by atoms with Gasteiger partial charge in [0.25, 0.3) is 0 Å². The summed E-state index contributed by atoms with van der Waals surface area (Å²) in [4.78, 5) is 86.8. The lowest BCUT2D eigenvalue weighted by Crippen LogP contribution is -2.63. The number of carboxylic acids is 1. The Morgan fingerprint density at radius 1 is 0.779 bits per heavy atom. The summed E-state index contributed by atoms with van der Waals surface area (Å²) in [5.74, 6) is -4.05. The normalized spacial score (nSPS) is 30.6. The number of ketones is 2. The van der Waals surface area contributed by atoms with Gasteiger partial charge in [-0.1, -0.05) is 25.5 Å². The Bertz CT molecular complexity index is 3360. The minimum absolute atomic E-state index is 0.0197. The molecule has 3 saturated carbocycles. The predicted octanol–water partition coefficient (Wildman–Crippen LogP) is 5.13. The molecule has 2 saturated heterocycles. The average Bonchev–Trinajstić information content (AvgIpc) is 3.68. The van der Waals surface area contributed by atoms with Crippen molar-refractivity contribution >= 4 is 56.7 Å². The van der Waals surface area contributed by atoms with E-state index >= 15 is 4.39 Å². The number of piperazine rings is 2.